The maximum absolute atomic E-state index is 11.6. The van der Waals surface area contributed by atoms with Gasteiger partial charge in [0.1, 0.15) is 5.75 Å². The van der Waals surface area contributed by atoms with Crippen LogP contribution in [0.3, 0.4) is 0 Å². The van der Waals surface area contributed by atoms with Gasteiger partial charge in [0.25, 0.3) is 0 Å². The van der Waals surface area contributed by atoms with Crippen LogP contribution in [0.15, 0.2) is 23.6 Å². The Morgan fingerprint density at radius 1 is 1.45 bits per heavy atom. The Morgan fingerprint density at radius 2 is 2.25 bits per heavy atom. The molecule has 0 aliphatic heterocycles. The van der Waals surface area contributed by atoms with Crippen molar-refractivity contribution in [3.63, 3.8) is 0 Å². The van der Waals surface area contributed by atoms with Gasteiger partial charge < -0.3 is 10.1 Å². The monoisotopic (exact) mass is 331 g/mol. The Hall–Kier alpha value is -1.50. The van der Waals surface area contributed by atoms with Crippen LogP contribution in [0.1, 0.15) is 5.69 Å². The van der Waals surface area contributed by atoms with Gasteiger partial charge in [0.2, 0.25) is 0 Å². The molecule has 8 heteroatoms. The number of urea groups is 1. The van der Waals surface area contributed by atoms with Gasteiger partial charge in [-0.3, -0.25) is 5.32 Å². The number of nitrogens with zero attached hydrogens (tertiary/aromatic N) is 1. The highest BCUT2D eigenvalue weighted by molar-refractivity contribution is 7.13. The highest BCUT2D eigenvalue weighted by Crippen LogP contribution is 2.27. The fourth-order valence-electron chi connectivity index (χ4n) is 1.32. The van der Waals surface area contributed by atoms with E-state index in [1.54, 1.807) is 18.2 Å². The molecule has 2 aromatic rings. The highest BCUT2D eigenvalue weighted by Gasteiger charge is 2.06. The largest absolute Gasteiger partial charge is 0.472 e. The van der Waals surface area contributed by atoms with Crippen LogP contribution in [0.25, 0.3) is 0 Å². The summed E-state index contributed by atoms with van der Waals surface area (Å²) in [4.78, 5) is 15.7. The number of hydrogen-bond acceptors (Lipinski definition) is 4. The number of anilines is 1. The van der Waals surface area contributed by atoms with Crippen LogP contribution < -0.4 is 15.4 Å². The molecule has 0 bridgehead atoms. The van der Waals surface area contributed by atoms with E-state index in [-0.39, 0.29) is 6.73 Å². The number of rotatable bonds is 4. The summed E-state index contributed by atoms with van der Waals surface area (Å²) in [6.07, 6.45) is 0. The van der Waals surface area contributed by atoms with Crippen LogP contribution in [0, 0.1) is 6.92 Å². The molecule has 2 amide bonds. The van der Waals surface area contributed by atoms with Gasteiger partial charge in [-0.15, -0.1) is 11.3 Å². The number of ether oxygens (including phenoxy) is 1. The molecule has 0 unspecified atom stereocenters. The van der Waals surface area contributed by atoms with Crippen LogP contribution in [-0.2, 0) is 0 Å². The van der Waals surface area contributed by atoms with E-state index in [4.69, 9.17) is 27.9 Å². The van der Waals surface area contributed by atoms with Gasteiger partial charge in [-0.2, -0.15) is 0 Å². The molecule has 0 fully saturated rings. The molecule has 0 radical (unpaired) electrons. The van der Waals surface area contributed by atoms with Crippen molar-refractivity contribution in [3.05, 3.63) is 39.3 Å². The zero-order valence-corrected chi connectivity index (χ0v) is 12.8. The average Bonchev–Trinajstić information content (AvgIpc) is 2.77. The van der Waals surface area contributed by atoms with Gasteiger partial charge in [-0.1, -0.05) is 23.2 Å². The summed E-state index contributed by atoms with van der Waals surface area (Å²) in [5.41, 5.74) is 0.856. The lowest BCUT2D eigenvalue weighted by molar-refractivity contribution is 0.234. The Labute approximate surface area is 129 Å². The van der Waals surface area contributed by atoms with E-state index in [9.17, 15) is 4.79 Å². The van der Waals surface area contributed by atoms with Crippen molar-refractivity contribution in [2.24, 2.45) is 0 Å². The summed E-state index contributed by atoms with van der Waals surface area (Å²) in [5.74, 6) is 0.446. The number of halogens is 2. The molecule has 0 saturated carbocycles. The topological polar surface area (TPSA) is 63.2 Å². The molecular weight excluding hydrogens is 321 g/mol. The Balaban J connectivity index is 1.79. The van der Waals surface area contributed by atoms with Crippen molar-refractivity contribution in [2.75, 3.05) is 12.0 Å². The van der Waals surface area contributed by atoms with E-state index in [0.29, 0.717) is 20.9 Å². The summed E-state index contributed by atoms with van der Waals surface area (Å²) in [7, 11) is 0. The first-order valence-electron chi connectivity index (χ1n) is 5.59. The second kappa shape index (κ2) is 6.78. The first kappa shape index (κ1) is 14.9. The van der Waals surface area contributed by atoms with Crippen molar-refractivity contribution in [1.82, 2.24) is 10.3 Å². The molecule has 0 aliphatic rings. The van der Waals surface area contributed by atoms with Gasteiger partial charge in [0, 0.05) is 10.4 Å². The van der Waals surface area contributed by atoms with E-state index in [2.05, 4.69) is 15.6 Å². The summed E-state index contributed by atoms with van der Waals surface area (Å²) in [6.45, 7) is 1.84. The predicted molar refractivity (Wildman–Crippen MR) is 81.0 cm³/mol. The molecule has 2 N–H and O–H groups in total. The third-order valence-electron chi connectivity index (χ3n) is 2.19. The Morgan fingerprint density at radius 3 is 2.90 bits per heavy atom. The van der Waals surface area contributed by atoms with Crippen molar-refractivity contribution in [1.29, 1.82) is 0 Å². The minimum Gasteiger partial charge on any atom is -0.472 e. The maximum atomic E-state index is 11.6. The number of aryl methyl sites for hydroxylation is 1. The minimum absolute atomic E-state index is 0.0163. The van der Waals surface area contributed by atoms with E-state index in [1.807, 2.05) is 12.3 Å². The first-order chi connectivity index (χ1) is 9.54. The van der Waals surface area contributed by atoms with Gasteiger partial charge in [0.05, 0.1) is 10.7 Å². The standard InChI is InChI=1S/C12H11Cl2N3O2S/c1-7-5-20-12(16-7)17-11(18)15-6-19-10-3-2-8(13)4-9(10)14/h2-5H,6H2,1H3,(H2,15,16,17,18). The Kier molecular flexibility index (Phi) is 5.05. The molecule has 0 aliphatic carbocycles. The smallest absolute Gasteiger partial charge is 0.323 e. The third-order valence-corrected chi connectivity index (χ3v) is 3.60. The van der Waals surface area contributed by atoms with Gasteiger partial charge in [-0.25, -0.2) is 9.78 Å². The predicted octanol–water partition coefficient (Wildman–Crippen LogP) is 3.92. The van der Waals surface area contributed by atoms with Crippen LogP contribution >= 0.6 is 34.5 Å². The van der Waals surface area contributed by atoms with Crippen molar-refractivity contribution in [2.45, 2.75) is 6.92 Å². The van der Waals surface area contributed by atoms with Crippen molar-refractivity contribution >= 4 is 45.7 Å². The molecule has 1 aromatic carbocycles. The van der Waals surface area contributed by atoms with Crippen LogP contribution in [0.4, 0.5) is 9.93 Å². The molecule has 1 aromatic heterocycles. The molecule has 1 heterocycles. The van der Waals surface area contributed by atoms with Gasteiger partial charge in [0.15, 0.2) is 11.9 Å². The summed E-state index contributed by atoms with van der Waals surface area (Å²) >= 11 is 13.1. The summed E-state index contributed by atoms with van der Waals surface area (Å²) in [5, 5.41) is 8.41. The maximum Gasteiger partial charge on any atom is 0.323 e. The number of hydrogen-bond donors (Lipinski definition) is 2. The fourth-order valence-corrected chi connectivity index (χ4v) is 2.47. The Bertz CT molecular complexity index is 618. The van der Waals surface area contributed by atoms with E-state index in [0.717, 1.165) is 5.69 Å². The lowest BCUT2D eigenvalue weighted by atomic mass is 10.3. The van der Waals surface area contributed by atoms with Crippen LogP contribution in [0.5, 0.6) is 5.75 Å². The first-order valence-corrected chi connectivity index (χ1v) is 7.23. The van der Waals surface area contributed by atoms with E-state index < -0.39 is 6.03 Å². The molecule has 20 heavy (non-hydrogen) atoms. The number of thiazole rings is 1. The number of aromatic nitrogens is 1. The lowest BCUT2D eigenvalue weighted by Crippen LogP contribution is -2.32. The second-order valence-electron chi connectivity index (χ2n) is 3.79. The molecule has 0 spiro atoms. The molecule has 106 valence electrons. The zero-order valence-electron chi connectivity index (χ0n) is 10.4. The second-order valence-corrected chi connectivity index (χ2v) is 5.49. The molecule has 2 rings (SSSR count). The number of nitrogens with one attached hydrogen (secondary N) is 2. The SMILES string of the molecule is Cc1csc(NC(=O)NCOc2ccc(Cl)cc2Cl)n1. The molecular formula is C12H11Cl2N3O2S. The number of carbonyl (C=O) groups is 1. The minimum atomic E-state index is -0.399. The number of carbonyl (C=O) groups excluding carboxylic acids is 1. The highest BCUT2D eigenvalue weighted by atomic mass is 35.5. The number of benzene rings is 1. The lowest BCUT2D eigenvalue weighted by Gasteiger charge is -2.09. The van der Waals surface area contributed by atoms with Gasteiger partial charge >= 0.3 is 6.03 Å². The molecule has 0 saturated heterocycles. The van der Waals surface area contributed by atoms with E-state index >= 15 is 0 Å². The molecule has 0 atom stereocenters. The van der Waals surface area contributed by atoms with E-state index in [1.165, 1.54) is 11.3 Å². The third kappa shape index (κ3) is 4.26. The summed E-state index contributed by atoms with van der Waals surface area (Å²) in [6, 6.07) is 4.45. The van der Waals surface area contributed by atoms with Crippen molar-refractivity contribution < 1.29 is 9.53 Å². The zero-order chi connectivity index (χ0) is 14.5. The van der Waals surface area contributed by atoms with Crippen LogP contribution in [0.2, 0.25) is 10.0 Å². The fraction of sp³-hybridized carbons (Fsp3) is 0.167. The van der Waals surface area contributed by atoms with Gasteiger partial charge in [-0.05, 0) is 25.1 Å². The normalized spacial score (nSPS) is 10.2. The average molecular weight is 332 g/mol. The quantitative estimate of drug-likeness (QED) is 0.834. The van der Waals surface area contributed by atoms with Crippen LogP contribution in [-0.4, -0.2) is 17.7 Å². The number of amides is 2. The molecule has 5 nitrogen and oxygen atoms in total. The van der Waals surface area contributed by atoms with Crippen molar-refractivity contribution in [3.8, 4) is 5.75 Å². The summed E-state index contributed by atoms with van der Waals surface area (Å²) < 4.78 is 5.33.